The van der Waals surface area contributed by atoms with E-state index in [1.165, 1.54) is 24.3 Å². The molecule has 0 atom stereocenters. The highest BCUT2D eigenvalue weighted by Crippen LogP contribution is 2.14. The van der Waals surface area contributed by atoms with Gasteiger partial charge in [-0.15, -0.1) is 0 Å². The summed E-state index contributed by atoms with van der Waals surface area (Å²) in [6, 6.07) is 5.77. The fourth-order valence-corrected chi connectivity index (χ4v) is 1.86. The molecule has 0 heterocycles. The van der Waals surface area contributed by atoms with Crippen LogP contribution in [0, 0.1) is 10.1 Å². The first-order chi connectivity index (χ1) is 9.10. The Morgan fingerprint density at radius 1 is 1.21 bits per heavy atom. The van der Waals surface area contributed by atoms with Crippen molar-refractivity contribution >= 4 is 11.6 Å². The number of hydrogen-bond donors (Lipinski definition) is 0. The number of carbonyl (C=O) groups is 1. The van der Waals surface area contributed by atoms with E-state index in [1.54, 1.807) is 4.90 Å². The van der Waals surface area contributed by atoms with Gasteiger partial charge in [-0.05, 0) is 25.5 Å². The lowest BCUT2D eigenvalue weighted by Crippen LogP contribution is -2.31. The third-order valence-corrected chi connectivity index (χ3v) is 3.03. The summed E-state index contributed by atoms with van der Waals surface area (Å²) in [5, 5.41) is 10.6. The first-order valence-electron chi connectivity index (χ1n) is 6.63. The van der Waals surface area contributed by atoms with Gasteiger partial charge in [-0.2, -0.15) is 0 Å². The molecule has 19 heavy (non-hydrogen) atoms. The van der Waals surface area contributed by atoms with Crippen molar-refractivity contribution < 1.29 is 9.72 Å². The normalized spacial score (nSPS) is 10.2. The van der Waals surface area contributed by atoms with Crippen molar-refractivity contribution in [2.45, 2.75) is 33.1 Å². The van der Waals surface area contributed by atoms with E-state index in [9.17, 15) is 14.9 Å². The van der Waals surface area contributed by atoms with Crippen LogP contribution in [0.4, 0.5) is 5.69 Å². The second-order valence-electron chi connectivity index (χ2n) is 4.40. The van der Waals surface area contributed by atoms with Crippen molar-refractivity contribution in [2.75, 3.05) is 13.1 Å². The smallest absolute Gasteiger partial charge is 0.269 e. The van der Waals surface area contributed by atoms with Crippen molar-refractivity contribution in [1.82, 2.24) is 4.90 Å². The molecule has 0 spiro atoms. The van der Waals surface area contributed by atoms with Gasteiger partial charge < -0.3 is 4.90 Å². The SMILES string of the molecule is CCCCCN(CC)C(=O)c1ccc([N+](=O)[O-])cc1. The third kappa shape index (κ3) is 4.35. The zero-order chi connectivity index (χ0) is 14.3. The van der Waals surface area contributed by atoms with Crippen molar-refractivity contribution in [3.63, 3.8) is 0 Å². The molecule has 0 aliphatic heterocycles. The maximum absolute atomic E-state index is 12.2. The number of hydrogen-bond acceptors (Lipinski definition) is 3. The van der Waals surface area contributed by atoms with Gasteiger partial charge in [0, 0.05) is 30.8 Å². The van der Waals surface area contributed by atoms with Crippen LogP contribution in [0.3, 0.4) is 0 Å². The van der Waals surface area contributed by atoms with Crippen LogP contribution in [0.5, 0.6) is 0 Å². The first-order valence-corrected chi connectivity index (χ1v) is 6.63. The summed E-state index contributed by atoms with van der Waals surface area (Å²) in [4.78, 5) is 24.1. The maximum atomic E-state index is 12.2. The average molecular weight is 264 g/mol. The minimum Gasteiger partial charge on any atom is -0.339 e. The van der Waals surface area contributed by atoms with Gasteiger partial charge in [-0.3, -0.25) is 14.9 Å². The summed E-state index contributed by atoms with van der Waals surface area (Å²) in [6.45, 7) is 5.45. The van der Waals surface area contributed by atoms with E-state index in [-0.39, 0.29) is 11.6 Å². The molecule has 0 fully saturated rings. The van der Waals surface area contributed by atoms with Crippen molar-refractivity contribution in [2.24, 2.45) is 0 Å². The van der Waals surface area contributed by atoms with Gasteiger partial charge >= 0.3 is 0 Å². The Balaban J connectivity index is 2.71. The second kappa shape index (κ2) is 7.51. The molecule has 0 aromatic heterocycles. The summed E-state index contributed by atoms with van der Waals surface area (Å²) >= 11 is 0. The predicted molar refractivity (Wildman–Crippen MR) is 74.2 cm³/mol. The quantitative estimate of drug-likeness (QED) is 0.431. The molecule has 104 valence electrons. The minimum atomic E-state index is -0.465. The molecule has 0 saturated carbocycles. The molecule has 5 heteroatoms. The van der Waals surface area contributed by atoms with Crippen molar-refractivity contribution in [1.29, 1.82) is 0 Å². The van der Waals surface area contributed by atoms with Gasteiger partial charge in [0.1, 0.15) is 0 Å². The molecule has 0 unspecified atom stereocenters. The Labute approximate surface area is 113 Å². The lowest BCUT2D eigenvalue weighted by atomic mass is 10.1. The van der Waals surface area contributed by atoms with Crippen LogP contribution in [0.1, 0.15) is 43.5 Å². The number of nitro benzene ring substituents is 1. The average Bonchev–Trinajstić information content (AvgIpc) is 2.43. The number of amides is 1. The topological polar surface area (TPSA) is 63.5 Å². The summed E-state index contributed by atoms with van der Waals surface area (Å²) in [5.74, 6) is -0.0616. The number of nitrogens with zero attached hydrogens (tertiary/aromatic N) is 2. The van der Waals surface area contributed by atoms with E-state index in [2.05, 4.69) is 6.92 Å². The maximum Gasteiger partial charge on any atom is 0.269 e. The highest BCUT2D eigenvalue weighted by Gasteiger charge is 2.14. The van der Waals surface area contributed by atoms with E-state index in [4.69, 9.17) is 0 Å². The molecule has 0 radical (unpaired) electrons. The van der Waals surface area contributed by atoms with E-state index >= 15 is 0 Å². The van der Waals surface area contributed by atoms with Crippen LogP contribution in [-0.2, 0) is 0 Å². The number of nitro groups is 1. The molecule has 1 aromatic carbocycles. The first kappa shape index (κ1) is 15.1. The van der Waals surface area contributed by atoms with Gasteiger partial charge in [0.2, 0.25) is 0 Å². The molecule has 1 aromatic rings. The fourth-order valence-electron chi connectivity index (χ4n) is 1.86. The van der Waals surface area contributed by atoms with Gasteiger partial charge in [-0.25, -0.2) is 0 Å². The number of carbonyl (C=O) groups excluding carboxylic acids is 1. The number of rotatable bonds is 7. The van der Waals surface area contributed by atoms with Crippen LogP contribution in [0.25, 0.3) is 0 Å². The summed E-state index contributed by atoms with van der Waals surface area (Å²) < 4.78 is 0. The highest BCUT2D eigenvalue weighted by molar-refractivity contribution is 5.94. The lowest BCUT2D eigenvalue weighted by molar-refractivity contribution is -0.384. The molecule has 0 saturated heterocycles. The zero-order valence-corrected chi connectivity index (χ0v) is 11.5. The fraction of sp³-hybridized carbons (Fsp3) is 0.500. The highest BCUT2D eigenvalue weighted by atomic mass is 16.6. The number of benzene rings is 1. The number of unbranched alkanes of at least 4 members (excludes halogenated alkanes) is 2. The molecule has 0 aliphatic rings. The van der Waals surface area contributed by atoms with Crippen molar-refractivity contribution in [3.05, 3.63) is 39.9 Å². The van der Waals surface area contributed by atoms with Gasteiger partial charge in [-0.1, -0.05) is 19.8 Å². The summed E-state index contributed by atoms with van der Waals surface area (Å²) in [5.41, 5.74) is 0.509. The van der Waals surface area contributed by atoms with E-state index in [0.717, 1.165) is 25.8 Å². The lowest BCUT2D eigenvalue weighted by Gasteiger charge is -2.20. The van der Waals surface area contributed by atoms with E-state index in [0.29, 0.717) is 12.1 Å². The van der Waals surface area contributed by atoms with Crippen LogP contribution in [0.15, 0.2) is 24.3 Å². The largest absolute Gasteiger partial charge is 0.339 e. The molecular formula is C14H20N2O3. The Kier molecular flexibility index (Phi) is 5.99. The Morgan fingerprint density at radius 3 is 2.32 bits per heavy atom. The van der Waals surface area contributed by atoms with Crippen LogP contribution >= 0.6 is 0 Å². The van der Waals surface area contributed by atoms with Crippen LogP contribution in [-0.4, -0.2) is 28.8 Å². The minimum absolute atomic E-state index is 0.00517. The number of non-ortho nitro benzene ring substituents is 1. The molecular weight excluding hydrogens is 244 g/mol. The summed E-state index contributed by atoms with van der Waals surface area (Å²) in [6.07, 6.45) is 3.20. The molecule has 5 nitrogen and oxygen atoms in total. The Morgan fingerprint density at radius 2 is 1.84 bits per heavy atom. The molecule has 0 bridgehead atoms. The van der Waals surface area contributed by atoms with Crippen LogP contribution in [0.2, 0.25) is 0 Å². The summed E-state index contributed by atoms with van der Waals surface area (Å²) in [7, 11) is 0. The zero-order valence-electron chi connectivity index (χ0n) is 11.5. The van der Waals surface area contributed by atoms with Crippen LogP contribution < -0.4 is 0 Å². The molecule has 0 aliphatic carbocycles. The standard InChI is InChI=1S/C14H20N2O3/c1-3-5-6-11-15(4-2)14(17)12-7-9-13(10-8-12)16(18)19/h7-10H,3-6,11H2,1-2H3. The molecule has 1 rings (SSSR count). The Bertz CT molecular complexity index is 429. The van der Waals surface area contributed by atoms with E-state index in [1.807, 2.05) is 6.92 Å². The third-order valence-electron chi connectivity index (χ3n) is 3.03. The Hall–Kier alpha value is -1.91. The second-order valence-corrected chi connectivity index (χ2v) is 4.40. The molecule has 1 amide bonds. The van der Waals surface area contributed by atoms with Gasteiger partial charge in [0.15, 0.2) is 0 Å². The van der Waals surface area contributed by atoms with Crippen molar-refractivity contribution in [3.8, 4) is 0 Å². The van der Waals surface area contributed by atoms with E-state index < -0.39 is 4.92 Å². The van der Waals surface area contributed by atoms with Gasteiger partial charge in [0.25, 0.3) is 11.6 Å². The predicted octanol–water partition coefficient (Wildman–Crippen LogP) is 3.25. The van der Waals surface area contributed by atoms with Gasteiger partial charge in [0.05, 0.1) is 4.92 Å². The molecule has 0 N–H and O–H groups in total. The monoisotopic (exact) mass is 264 g/mol.